The van der Waals surface area contributed by atoms with Crippen molar-refractivity contribution in [1.82, 2.24) is 9.78 Å². The Morgan fingerprint density at radius 2 is 2.44 bits per heavy atom. The lowest BCUT2D eigenvalue weighted by Crippen LogP contribution is -1.89. The van der Waals surface area contributed by atoms with Crippen LogP contribution in [0.1, 0.15) is 14.5 Å². The Hall–Kier alpha value is -1.27. The molecular formula is C10H10N2O2S2. The molecule has 4 nitrogen and oxygen atoms in total. The fraction of sp³-hybridized carbons (Fsp3) is 0.200. The zero-order valence-corrected chi connectivity index (χ0v) is 10.2. The molecule has 0 spiro atoms. The summed E-state index contributed by atoms with van der Waals surface area (Å²) in [5.74, 6) is -0.0773. The van der Waals surface area contributed by atoms with E-state index >= 15 is 0 Å². The zero-order chi connectivity index (χ0) is 11.5. The van der Waals surface area contributed by atoms with Crippen LogP contribution < -0.4 is 0 Å². The third-order valence-electron chi connectivity index (χ3n) is 1.93. The van der Waals surface area contributed by atoms with Gasteiger partial charge in [-0.1, -0.05) is 0 Å². The first-order chi connectivity index (χ1) is 7.65. The molecule has 0 aliphatic rings. The third kappa shape index (κ3) is 2.65. The second-order valence-corrected chi connectivity index (χ2v) is 5.43. The Morgan fingerprint density at radius 3 is 3.00 bits per heavy atom. The van der Waals surface area contributed by atoms with Crippen LogP contribution in [0.4, 0.5) is 0 Å². The molecule has 2 aromatic rings. The highest BCUT2D eigenvalue weighted by Crippen LogP contribution is 2.26. The maximum absolute atomic E-state index is 10.7. The van der Waals surface area contributed by atoms with Crippen LogP contribution in [0.2, 0.25) is 0 Å². The Balaban J connectivity index is 1.97. The number of carboxylic acids is 1. The quantitative estimate of drug-likeness (QED) is 0.852. The first-order valence-corrected chi connectivity index (χ1v) is 6.39. The van der Waals surface area contributed by atoms with Gasteiger partial charge in [0.2, 0.25) is 0 Å². The van der Waals surface area contributed by atoms with Crippen LogP contribution in [0.5, 0.6) is 0 Å². The van der Waals surface area contributed by atoms with Crippen molar-refractivity contribution < 1.29 is 9.90 Å². The van der Waals surface area contributed by atoms with Gasteiger partial charge in [-0.25, -0.2) is 4.79 Å². The highest BCUT2D eigenvalue weighted by atomic mass is 32.2. The standard InChI is InChI=1S/C10H10N2O2S2/c1-12-5-8(4-11-12)15-6-7-2-3-9(16-7)10(13)14/h2-5H,6H2,1H3,(H,13,14). The third-order valence-corrected chi connectivity index (χ3v) is 4.19. The molecule has 0 aromatic carbocycles. The van der Waals surface area contributed by atoms with Crippen molar-refractivity contribution in [1.29, 1.82) is 0 Å². The van der Waals surface area contributed by atoms with E-state index in [2.05, 4.69) is 5.10 Å². The second kappa shape index (κ2) is 4.71. The van der Waals surface area contributed by atoms with E-state index in [1.54, 1.807) is 28.7 Å². The number of aromatic carboxylic acids is 1. The number of carboxylic acid groups (broad SMARTS) is 1. The van der Waals surface area contributed by atoms with E-state index in [1.165, 1.54) is 11.3 Å². The van der Waals surface area contributed by atoms with Gasteiger partial charge in [0.1, 0.15) is 4.88 Å². The minimum atomic E-state index is -0.859. The average Bonchev–Trinajstić information content (AvgIpc) is 2.83. The molecule has 0 unspecified atom stereocenters. The molecule has 16 heavy (non-hydrogen) atoms. The first kappa shape index (κ1) is 11.2. The van der Waals surface area contributed by atoms with Crippen LogP contribution in [-0.4, -0.2) is 20.9 Å². The molecule has 0 amide bonds. The smallest absolute Gasteiger partial charge is 0.345 e. The summed E-state index contributed by atoms with van der Waals surface area (Å²) in [5.41, 5.74) is 0. The Kier molecular flexibility index (Phi) is 3.31. The summed E-state index contributed by atoms with van der Waals surface area (Å²) >= 11 is 2.97. The SMILES string of the molecule is Cn1cc(SCc2ccc(C(=O)O)s2)cn1. The van der Waals surface area contributed by atoms with Gasteiger partial charge in [0.15, 0.2) is 0 Å². The summed E-state index contributed by atoms with van der Waals surface area (Å²) in [6, 6.07) is 3.50. The fourth-order valence-electron chi connectivity index (χ4n) is 1.20. The predicted octanol–water partition coefficient (Wildman–Crippen LogP) is 2.47. The lowest BCUT2D eigenvalue weighted by atomic mass is 10.4. The van der Waals surface area contributed by atoms with Crippen LogP contribution >= 0.6 is 23.1 Å². The summed E-state index contributed by atoms with van der Waals surface area (Å²) in [7, 11) is 1.87. The normalized spacial score (nSPS) is 10.6. The van der Waals surface area contributed by atoms with Gasteiger partial charge in [-0.2, -0.15) is 5.10 Å². The van der Waals surface area contributed by atoms with Crippen LogP contribution in [0.3, 0.4) is 0 Å². The second-order valence-electron chi connectivity index (χ2n) is 3.21. The van der Waals surface area contributed by atoms with Crippen LogP contribution in [-0.2, 0) is 12.8 Å². The maximum Gasteiger partial charge on any atom is 0.345 e. The number of aryl methyl sites for hydroxylation is 1. The highest BCUT2D eigenvalue weighted by molar-refractivity contribution is 7.98. The Labute approximate surface area is 101 Å². The van der Waals surface area contributed by atoms with Gasteiger partial charge in [-0.05, 0) is 12.1 Å². The molecule has 84 valence electrons. The van der Waals surface area contributed by atoms with Crippen molar-refractivity contribution in [2.45, 2.75) is 10.6 Å². The topological polar surface area (TPSA) is 55.1 Å². The van der Waals surface area contributed by atoms with E-state index in [0.717, 1.165) is 15.5 Å². The minimum absolute atomic E-state index is 0.391. The van der Waals surface area contributed by atoms with Crippen molar-refractivity contribution in [3.63, 3.8) is 0 Å². The van der Waals surface area contributed by atoms with E-state index in [-0.39, 0.29) is 0 Å². The number of hydrogen-bond donors (Lipinski definition) is 1. The number of thioether (sulfide) groups is 1. The summed E-state index contributed by atoms with van der Waals surface area (Å²) in [4.78, 5) is 13.2. The molecule has 0 bridgehead atoms. The number of aromatic nitrogens is 2. The van der Waals surface area contributed by atoms with E-state index in [9.17, 15) is 4.79 Å². The Bertz CT molecular complexity index is 504. The molecule has 0 saturated heterocycles. The van der Waals surface area contributed by atoms with E-state index < -0.39 is 5.97 Å². The van der Waals surface area contributed by atoms with Crippen LogP contribution in [0.15, 0.2) is 29.4 Å². The van der Waals surface area contributed by atoms with Crippen molar-refractivity contribution >= 4 is 29.1 Å². The molecule has 1 N–H and O–H groups in total. The molecule has 0 atom stereocenters. The summed E-state index contributed by atoms with van der Waals surface area (Å²) < 4.78 is 1.75. The van der Waals surface area contributed by atoms with Crippen LogP contribution in [0.25, 0.3) is 0 Å². The van der Waals surface area contributed by atoms with Gasteiger partial charge in [-0.15, -0.1) is 23.1 Å². The molecule has 2 rings (SSSR count). The van der Waals surface area contributed by atoms with Gasteiger partial charge >= 0.3 is 5.97 Å². The molecule has 0 aliphatic heterocycles. The number of rotatable bonds is 4. The molecule has 6 heteroatoms. The fourth-order valence-corrected chi connectivity index (χ4v) is 3.01. The van der Waals surface area contributed by atoms with Gasteiger partial charge in [0, 0.05) is 28.8 Å². The zero-order valence-electron chi connectivity index (χ0n) is 8.58. The lowest BCUT2D eigenvalue weighted by Gasteiger charge is -1.93. The molecule has 0 radical (unpaired) electrons. The molecule has 0 fully saturated rings. The van der Waals surface area contributed by atoms with E-state index in [0.29, 0.717) is 4.88 Å². The van der Waals surface area contributed by atoms with Crippen molar-refractivity contribution in [2.75, 3.05) is 0 Å². The number of carbonyl (C=O) groups is 1. The molecule has 0 saturated carbocycles. The number of nitrogens with zero attached hydrogens (tertiary/aromatic N) is 2. The number of thiophene rings is 1. The van der Waals surface area contributed by atoms with Gasteiger partial charge in [0.25, 0.3) is 0 Å². The summed E-state index contributed by atoms with van der Waals surface area (Å²) in [6.07, 6.45) is 3.74. The van der Waals surface area contributed by atoms with Crippen LogP contribution in [0, 0.1) is 0 Å². The van der Waals surface area contributed by atoms with E-state index in [4.69, 9.17) is 5.11 Å². The van der Waals surface area contributed by atoms with Crippen molar-refractivity contribution in [3.05, 3.63) is 34.3 Å². The molecule has 2 heterocycles. The molecule has 2 aromatic heterocycles. The minimum Gasteiger partial charge on any atom is -0.477 e. The maximum atomic E-state index is 10.7. The van der Waals surface area contributed by atoms with Crippen molar-refractivity contribution in [3.8, 4) is 0 Å². The predicted molar refractivity (Wildman–Crippen MR) is 64.0 cm³/mol. The monoisotopic (exact) mass is 254 g/mol. The van der Waals surface area contributed by atoms with Gasteiger partial charge in [0.05, 0.1) is 6.20 Å². The Morgan fingerprint density at radius 1 is 1.62 bits per heavy atom. The lowest BCUT2D eigenvalue weighted by molar-refractivity contribution is 0.0702. The summed E-state index contributed by atoms with van der Waals surface area (Å²) in [5, 5.41) is 12.8. The van der Waals surface area contributed by atoms with Crippen molar-refractivity contribution in [2.24, 2.45) is 7.05 Å². The first-order valence-electron chi connectivity index (χ1n) is 4.58. The average molecular weight is 254 g/mol. The van der Waals surface area contributed by atoms with E-state index in [1.807, 2.05) is 19.3 Å². The van der Waals surface area contributed by atoms with Gasteiger partial charge < -0.3 is 5.11 Å². The molecular weight excluding hydrogens is 244 g/mol. The highest BCUT2D eigenvalue weighted by Gasteiger charge is 2.07. The largest absolute Gasteiger partial charge is 0.477 e. The molecule has 0 aliphatic carbocycles. The number of hydrogen-bond acceptors (Lipinski definition) is 4. The van der Waals surface area contributed by atoms with Gasteiger partial charge in [-0.3, -0.25) is 4.68 Å². The summed E-state index contributed by atoms with van der Waals surface area (Å²) in [6.45, 7) is 0.